The summed E-state index contributed by atoms with van der Waals surface area (Å²) in [5.41, 5.74) is 11.4. The van der Waals surface area contributed by atoms with Gasteiger partial charge in [-0.1, -0.05) is 76.6 Å². The summed E-state index contributed by atoms with van der Waals surface area (Å²) in [6.45, 7) is 0.0711. The highest BCUT2D eigenvalue weighted by Gasteiger charge is 2.36. The van der Waals surface area contributed by atoms with Gasteiger partial charge < -0.3 is 15.6 Å². The second-order valence-corrected chi connectivity index (χ2v) is 8.58. The fraction of sp³-hybridized carbons (Fsp3) is 0.200. The van der Waals surface area contributed by atoms with Crippen LogP contribution in [0.5, 0.6) is 0 Å². The molecule has 0 spiro atoms. The molecule has 0 bridgehead atoms. The minimum Gasteiger partial charge on any atom is -0.481 e. The fourth-order valence-corrected chi connectivity index (χ4v) is 4.43. The summed E-state index contributed by atoms with van der Waals surface area (Å²) in [5, 5.41) is 9.66. The Bertz CT molecular complexity index is 1070. The Balaban J connectivity index is 1.49. The van der Waals surface area contributed by atoms with Gasteiger partial charge in [-0.25, -0.2) is 0 Å². The number of nitrogens with two attached hydrogens (primary N) is 1. The lowest BCUT2D eigenvalue weighted by atomic mass is 9.94. The predicted octanol–water partition coefficient (Wildman–Crippen LogP) is 4.38. The van der Waals surface area contributed by atoms with E-state index in [9.17, 15) is 14.7 Å². The third-order valence-corrected chi connectivity index (χ3v) is 6.22. The van der Waals surface area contributed by atoms with Gasteiger partial charge in [0, 0.05) is 16.4 Å². The van der Waals surface area contributed by atoms with Crippen molar-refractivity contribution in [2.24, 2.45) is 11.7 Å². The number of hydrogen-bond donors (Lipinski definition) is 2. The van der Waals surface area contributed by atoms with Gasteiger partial charge >= 0.3 is 11.9 Å². The van der Waals surface area contributed by atoms with Crippen LogP contribution in [0.1, 0.15) is 22.6 Å². The smallest absolute Gasteiger partial charge is 0.321 e. The van der Waals surface area contributed by atoms with Crippen LogP contribution in [0.4, 0.5) is 0 Å². The lowest BCUT2D eigenvalue weighted by Crippen LogP contribution is -2.43. The monoisotopic (exact) mass is 479 g/mol. The lowest BCUT2D eigenvalue weighted by molar-refractivity contribution is -0.159. The van der Waals surface area contributed by atoms with Crippen molar-refractivity contribution in [3.63, 3.8) is 0 Å². The molecule has 31 heavy (non-hydrogen) atoms. The molecular weight excluding hydrogens is 458 g/mol. The number of esters is 1. The van der Waals surface area contributed by atoms with Gasteiger partial charge in [0.1, 0.15) is 6.61 Å². The standard InChI is InChI=1S/C25H22BrNO4/c26-16-11-9-15(10-12-16)13-22(27)23(24(28)29)25(30)31-14-21-19-7-3-1-5-17(19)18-6-2-4-8-20(18)21/h1-12,21-23H,13-14,27H2,(H,28,29). The first-order valence-electron chi connectivity index (χ1n) is 10.0. The highest BCUT2D eigenvalue weighted by molar-refractivity contribution is 9.10. The molecular formula is C25H22BrNO4. The largest absolute Gasteiger partial charge is 0.481 e. The van der Waals surface area contributed by atoms with Crippen molar-refractivity contribution in [3.8, 4) is 11.1 Å². The average molecular weight is 480 g/mol. The highest BCUT2D eigenvalue weighted by atomic mass is 79.9. The number of carboxylic acids is 1. The Labute approximate surface area is 189 Å². The van der Waals surface area contributed by atoms with E-state index >= 15 is 0 Å². The number of carbonyl (C=O) groups is 2. The van der Waals surface area contributed by atoms with E-state index in [0.29, 0.717) is 0 Å². The summed E-state index contributed by atoms with van der Waals surface area (Å²) < 4.78 is 6.45. The van der Waals surface area contributed by atoms with Crippen LogP contribution in [-0.4, -0.2) is 29.7 Å². The van der Waals surface area contributed by atoms with E-state index in [-0.39, 0.29) is 18.9 Å². The van der Waals surface area contributed by atoms with Crippen molar-refractivity contribution < 1.29 is 19.4 Å². The maximum absolute atomic E-state index is 12.8. The molecule has 1 aliphatic carbocycles. The molecule has 3 aromatic carbocycles. The van der Waals surface area contributed by atoms with E-state index in [0.717, 1.165) is 32.3 Å². The number of carbonyl (C=O) groups excluding carboxylic acids is 1. The molecule has 3 N–H and O–H groups in total. The number of fused-ring (bicyclic) bond motifs is 3. The molecule has 4 rings (SSSR count). The number of halogens is 1. The van der Waals surface area contributed by atoms with Crippen molar-refractivity contribution in [1.82, 2.24) is 0 Å². The zero-order chi connectivity index (χ0) is 22.0. The van der Waals surface area contributed by atoms with Crippen molar-refractivity contribution in [2.45, 2.75) is 18.4 Å². The first-order valence-corrected chi connectivity index (χ1v) is 10.8. The quantitative estimate of drug-likeness (QED) is 0.387. The van der Waals surface area contributed by atoms with E-state index in [4.69, 9.17) is 10.5 Å². The Kier molecular flexibility index (Phi) is 6.20. The Morgan fingerprint density at radius 3 is 2.03 bits per heavy atom. The van der Waals surface area contributed by atoms with Crippen LogP contribution in [0, 0.1) is 5.92 Å². The molecule has 0 fully saturated rings. The van der Waals surface area contributed by atoms with Gasteiger partial charge in [-0.05, 0) is 46.4 Å². The van der Waals surface area contributed by atoms with Gasteiger partial charge in [-0.3, -0.25) is 9.59 Å². The molecule has 5 nitrogen and oxygen atoms in total. The van der Waals surface area contributed by atoms with Crippen LogP contribution < -0.4 is 5.73 Å². The minimum atomic E-state index is -1.43. The molecule has 0 aromatic heterocycles. The van der Waals surface area contributed by atoms with Crippen molar-refractivity contribution in [2.75, 3.05) is 6.61 Å². The highest BCUT2D eigenvalue weighted by Crippen LogP contribution is 2.44. The molecule has 0 saturated heterocycles. The average Bonchev–Trinajstić information content (AvgIpc) is 3.07. The van der Waals surface area contributed by atoms with Gasteiger partial charge in [-0.2, -0.15) is 0 Å². The number of aliphatic carboxylic acids is 1. The Morgan fingerprint density at radius 1 is 0.935 bits per heavy atom. The van der Waals surface area contributed by atoms with Crippen LogP contribution in [0.25, 0.3) is 11.1 Å². The van der Waals surface area contributed by atoms with Gasteiger partial charge in [-0.15, -0.1) is 0 Å². The predicted molar refractivity (Wildman–Crippen MR) is 122 cm³/mol. The Morgan fingerprint density at radius 2 is 1.48 bits per heavy atom. The van der Waals surface area contributed by atoms with Crippen molar-refractivity contribution in [3.05, 3.63) is 94.0 Å². The lowest BCUT2D eigenvalue weighted by Gasteiger charge is -2.21. The molecule has 3 aromatic rings. The molecule has 0 heterocycles. The third kappa shape index (κ3) is 4.40. The summed E-state index contributed by atoms with van der Waals surface area (Å²) in [7, 11) is 0. The van der Waals surface area contributed by atoms with Gasteiger partial charge in [0.15, 0.2) is 5.92 Å². The zero-order valence-corrected chi connectivity index (χ0v) is 18.3. The molecule has 0 amide bonds. The molecule has 2 atom stereocenters. The van der Waals surface area contributed by atoms with Crippen LogP contribution in [0.3, 0.4) is 0 Å². The fourth-order valence-electron chi connectivity index (χ4n) is 4.16. The third-order valence-electron chi connectivity index (χ3n) is 5.69. The first-order chi connectivity index (χ1) is 15.0. The molecule has 6 heteroatoms. The topological polar surface area (TPSA) is 89.6 Å². The zero-order valence-electron chi connectivity index (χ0n) is 16.7. The first kappa shape index (κ1) is 21.3. The maximum Gasteiger partial charge on any atom is 0.321 e. The van der Waals surface area contributed by atoms with Crippen LogP contribution >= 0.6 is 15.9 Å². The number of carboxylic acid groups (broad SMARTS) is 1. The summed E-state index contributed by atoms with van der Waals surface area (Å²) >= 11 is 3.36. The normalized spacial score (nSPS) is 14.4. The van der Waals surface area contributed by atoms with Crippen LogP contribution in [-0.2, 0) is 20.7 Å². The number of hydrogen-bond acceptors (Lipinski definition) is 4. The van der Waals surface area contributed by atoms with E-state index in [1.807, 2.05) is 72.8 Å². The number of benzene rings is 3. The molecule has 2 unspecified atom stereocenters. The molecule has 158 valence electrons. The van der Waals surface area contributed by atoms with E-state index in [1.54, 1.807) is 0 Å². The molecule has 0 aliphatic heterocycles. The summed E-state index contributed by atoms with van der Waals surface area (Å²) in [4.78, 5) is 24.6. The van der Waals surface area contributed by atoms with E-state index in [2.05, 4.69) is 15.9 Å². The van der Waals surface area contributed by atoms with Gasteiger partial charge in [0.25, 0.3) is 0 Å². The molecule has 0 saturated carbocycles. The van der Waals surface area contributed by atoms with E-state index < -0.39 is 23.9 Å². The minimum absolute atomic E-state index is 0.0711. The SMILES string of the molecule is NC(Cc1ccc(Br)cc1)C(C(=O)O)C(=O)OCC1c2ccccc2-c2ccccc21. The van der Waals surface area contributed by atoms with Crippen LogP contribution in [0.15, 0.2) is 77.3 Å². The molecule has 1 aliphatic rings. The number of ether oxygens (including phenoxy) is 1. The Hall–Kier alpha value is -2.96. The van der Waals surface area contributed by atoms with Gasteiger partial charge in [0.2, 0.25) is 0 Å². The second-order valence-electron chi connectivity index (χ2n) is 7.67. The van der Waals surface area contributed by atoms with Crippen molar-refractivity contribution >= 4 is 27.9 Å². The summed E-state index contributed by atoms with van der Waals surface area (Å²) in [6.07, 6.45) is 0.258. The number of rotatable bonds is 7. The molecule has 0 radical (unpaired) electrons. The summed E-state index contributed by atoms with van der Waals surface area (Å²) in [5.74, 6) is -3.65. The maximum atomic E-state index is 12.8. The second kappa shape index (κ2) is 9.04. The van der Waals surface area contributed by atoms with Crippen molar-refractivity contribution in [1.29, 1.82) is 0 Å². The van der Waals surface area contributed by atoms with E-state index in [1.165, 1.54) is 0 Å². The summed E-state index contributed by atoms with van der Waals surface area (Å²) in [6, 6.07) is 22.5. The van der Waals surface area contributed by atoms with Gasteiger partial charge in [0.05, 0.1) is 0 Å². The van der Waals surface area contributed by atoms with Crippen LogP contribution in [0.2, 0.25) is 0 Å².